The summed E-state index contributed by atoms with van der Waals surface area (Å²) in [5.41, 5.74) is 1.79. The Morgan fingerprint density at radius 1 is 1.09 bits per heavy atom. The maximum Gasteiger partial charge on any atom is 0.308 e. The number of morpholine rings is 1. The highest BCUT2D eigenvalue weighted by molar-refractivity contribution is 6.30. The molecule has 1 aliphatic carbocycles. The van der Waals surface area contributed by atoms with Gasteiger partial charge in [-0.2, -0.15) is 0 Å². The molecule has 2 fully saturated rings. The summed E-state index contributed by atoms with van der Waals surface area (Å²) < 4.78 is 11.7. The summed E-state index contributed by atoms with van der Waals surface area (Å²) in [6, 6.07) is 14.6. The van der Waals surface area contributed by atoms with Gasteiger partial charge in [-0.25, -0.2) is 0 Å². The van der Waals surface area contributed by atoms with Crippen LogP contribution in [0.15, 0.2) is 48.5 Å². The third-order valence-electron chi connectivity index (χ3n) is 6.15. The normalized spacial score (nSPS) is 22.9. The summed E-state index contributed by atoms with van der Waals surface area (Å²) in [5.74, 6) is -0.116. The molecule has 1 aliphatic heterocycles. The monoisotopic (exact) mass is 489 g/mol. The summed E-state index contributed by atoms with van der Waals surface area (Å²) in [5, 5.41) is 1.22. The molecule has 0 unspecified atom stereocenters. The minimum absolute atomic E-state index is 0.103. The number of hydrogen-bond donors (Lipinski definition) is 0. The molecule has 2 aromatic rings. The van der Waals surface area contributed by atoms with E-state index in [0.29, 0.717) is 29.1 Å². The highest BCUT2D eigenvalue weighted by atomic mass is 35.5. The van der Waals surface area contributed by atoms with Crippen LogP contribution in [0.5, 0.6) is 0 Å². The van der Waals surface area contributed by atoms with Crippen molar-refractivity contribution in [1.29, 1.82) is 0 Å². The molecule has 0 aromatic heterocycles. The van der Waals surface area contributed by atoms with Crippen LogP contribution in [0, 0.1) is 5.92 Å². The Labute approximate surface area is 205 Å². The predicted octanol–water partition coefficient (Wildman–Crippen LogP) is 6.15. The van der Waals surface area contributed by atoms with Crippen LogP contribution >= 0.6 is 23.2 Å². The molecule has 0 spiro atoms. The standard InChI is InChI=1S/C26H29Cl2NO4/c1-2-3-13-32-23(30)15-22-26(31)29(16-17-7-8-17)24(18-9-11-20(27)12-10-18)25(33-22)19-5-4-6-21(28)14-19/h4-6,9-12,14,17,22,24-25H,2-3,7-8,13,15-16H2,1H3/t22-,24+,25+/m0/s1. The third-order valence-corrected chi connectivity index (χ3v) is 6.63. The Kier molecular flexibility index (Phi) is 7.94. The molecule has 1 saturated carbocycles. The van der Waals surface area contributed by atoms with Crippen molar-refractivity contribution in [3.8, 4) is 0 Å². The summed E-state index contributed by atoms with van der Waals surface area (Å²) in [4.78, 5) is 27.9. The van der Waals surface area contributed by atoms with Crippen LogP contribution in [0.2, 0.25) is 10.0 Å². The second-order valence-corrected chi connectivity index (χ2v) is 9.68. The molecule has 4 rings (SSSR count). The Balaban J connectivity index is 1.67. The largest absolute Gasteiger partial charge is 0.466 e. The molecule has 3 atom stereocenters. The highest BCUT2D eigenvalue weighted by Crippen LogP contribution is 2.45. The fraction of sp³-hybridized carbons (Fsp3) is 0.462. The average Bonchev–Trinajstić information content (AvgIpc) is 3.61. The van der Waals surface area contributed by atoms with Crippen LogP contribution < -0.4 is 0 Å². The quantitative estimate of drug-likeness (QED) is 0.313. The van der Waals surface area contributed by atoms with Crippen LogP contribution in [-0.4, -0.2) is 36.0 Å². The molecule has 2 aromatic carbocycles. The molecule has 0 bridgehead atoms. The van der Waals surface area contributed by atoms with Gasteiger partial charge in [0.25, 0.3) is 5.91 Å². The van der Waals surface area contributed by atoms with Crippen molar-refractivity contribution in [3.63, 3.8) is 0 Å². The van der Waals surface area contributed by atoms with Crippen molar-refractivity contribution >= 4 is 35.1 Å². The Hall–Kier alpha value is -2.08. The molecule has 2 aliphatic rings. The molecule has 0 N–H and O–H groups in total. The lowest BCUT2D eigenvalue weighted by atomic mass is 9.91. The summed E-state index contributed by atoms with van der Waals surface area (Å²) in [7, 11) is 0. The van der Waals surface area contributed by atoms with Gasteiger partial charge in [0.15, 0.2) is 0 Å². The lowest BCUT2D eigenvalue weighted by Crippen LogP contribution is -2.52. The van der Waals surface area contributed by atoms with Crippen LogP contribution in [0.1, 0.15) is 62.3 Å². The van der Waals surface area contributed by atoms with E-state index < -0.39 is 18.2 Å². The molecule has 0 radical (unpaired) electrons. The van der Waals surface area contributed by atoms with Crippen molar-refractivity contribution in [2.24, 2.45) is 5.92 Å². The van der Waals surface area contributed by atoms with E-state index in [4.69, 9.17) is 32.7 Å². The predicted molar refractivity (Wildman–Crippen MR) is 128 cm³/mol. The zero-order valence-corrected chi connectivity index (χ0v) is 20.2. The number of amides is 1. The Bertz CT molecular complexity index is 977. The van der Waals surface area contributed by atoms with E-state index in [1.807, 2.05) is 54.3 Å². The molecule has 5 nitrogen and oxygen atoms in total. The minimum atomic E-state index is -0.898. The topological polar surface area (TPSA) is 55.8 Å². The molecule has 1 heterocycles. The van der Waals surface area contributed by atoms with Gasteiger partial charge in [0, 0.05) is 16.6 Å². The van der Waals surface area contributed by atoms with Gasteiger partial charge < -0.3 is 14.4 Å². The first-order valence-electron chi connectivity index (χ1n) is 11.6. The van der Waals surface area contributed by atoms with Crippen molar-refractivity contribution in [2.75, 3.05) is 13.2 Å². The maximum atomic E-state index is 13.6. The van der Waals surface area contributed by atoms with Gasteiger partial charge in [-0.05, 0) is 60.6 Å². The summed E-state index contributed by atoms with van der Waals surface area (Å²) in [6.07, 6.45) is 2.45. The smallest absolute Gasteiger partial charge is 0.308 e. The van der Waals surface area contributed by atoms with Crippen LogP contribution in [-0.2, 0) is 19.1 Å². The SMILES string of the molecule is CCCCOC(=O)C[C@@H]1O[C@H](c2cccc(Cl)c2)[C@@H](c2ccc(Cl)cc2)N(CC2CC2)C1=O. The molecule has 33 heavy (non-hydrogen) atoms. The molecular weight excluding hydrogens is 461 g/mol. The van der Waals surface area contributed by atoms with E-state index in [2.05, 4.69) is 0 Å². The minimum Gasteiger partial charge on any atom is -0.466 e. The first-order valence-corrected chi connectivity index (χ1v) is 12.3. The van der Waals surface area contributed by atoms with Crippen LogP contribution in [0.4, 0.5) is 0 Å². The van der Waals surface area contributed by atoms with Gasteiger partial charge in [-0.3, -0.25) is 9.59 Å². The number of rotatable bonds is 9. The summed E-state index contributed by atoms with van der Waals surface area (Å²) in [6.45, 7) is 3.02. The van der Waals surface area contributed by atoms with E-state index in [1.54, 1.807) is 6.07 Å². The summed E-state index contributed by atoms with van der Waals surface area (Å²) >= 11 is 12.4. The number of hydrogen-bond acceptors (Lipinski definition) is 4. The number of nitrogens with zero attached hydrogens (tertiary/aromatic N) is 1. The lowest BCUT2D eigenvalue weighted by molar-refractivity contribution is -0.180. The van der Waals surface area contributed by atoms with E-state index in [1.165, 1.54) is 0 Å². The third kappa shape index (κ3) is 6.08. The number of carbonyl (C=O) groups is 2. The lowest BCUT2D eigenvalue weighted by Gasteiger charge is -2.45. The Morgan fingerprint density at radius 3 is 2.52 bits per heavy atom. The average molecular weight is 490 g/mol. The maximum absolute atomic E-state index is 13.6. The van der Waals surface area contributed by atoms with Crippen molar-refractivity contribution in [1.82, 2.24) is 4.90 Å². The van der Waals surface area contributed by atoms with Crippen molar-refractivity contribution in [2.45, 2.75) is 57.3 Å². The number of ether oxygens (including phenoxy) is 2. The van der Waals surface area contributed by atoms with Gasteiger partial charge >= 0.3 is 5.97 Å². The first kappa shape index (κ1) is 24.1. The number of benzene rings is 2. The van der Waals surface area contributed by atoms with Gasteiger partial charge in [0.2, 0.25) is 0 Å². The van der Waals surface area contributed by atoms with Crippen molar-refractivity contribution < 1.29 is 19.1 Å². The molecule has 7 heteroatoms. The molecular formula is C26H29Cl2NO4. The number of unbranched alkanes of at least 4 members (excludes halogenated alkanes) is 1. The van der Waals surface area contributed by atoms with Gasteiger partial charge in [0.1, 0.15) is 12.2 Å². The van der Waals surface area contributed by atoms with E-state index in [-0.39, 0.29) is 18.4 Å². The fourth-order valence-electron chi connectivity index (χ4n) is 4.21. The molecule has 1 amide bonds. The van der Waals surface area contributed by atoms with Crippen LogP contribution in [0.3, 0.4) is 0 Å². The zero-order chi connectivity index (χ0) is 23.4. The molecule has 1 saturated heterocycles. The van der Waals surface area contributed by atoms with Crippen molar-refractivity contribution in [3.05, 3.63) is 69.7 Å². The Morgan fingerprint density at radius 2 is 1.85 bits per heavy atom. The van der Waals surface area contributed by atoms with Gasteiger partial charge in [0.05, 0.1) is 19.1 Å². The fourth-order valence-corrected chi connectivity index (χ4v) is 4.54. The van der Waals surface area contributed by atoms with Crippen LogP contribution in [0.25, 0.3) is 0 Å². The molecule has 176 valence electrons. The first-order chi connectivity index (χ1) is 16.0. The number of carbonyl (C=O) groups excluding carboxylic acids is 2. The van der Waals surface area contributed by atoms with Gasteiger partial charge in [-0.15, -0.1) is 0 Å². The second kappa shape index (κ2) is 10.9. The van der Waals surface area contributed by atoms with E-state index >= 15 is 0 Å². The van der Waals surface area contributed by atoms with Gasteiger partial charge in [-0.1, -0.05) is 60.8 Å². The van der Waals surface area contributed by atoms with E-state index in [9.17, 15) is 9.59 Å². The van der Waals surface area contributed by atoms with E-state index in [0.717, 1.165) is 36.8 Å². The zero-order valence-electron chi connectivity index (χ0n) is 18.7. The highest BCUT2D eigenvalue weighted by Gasteiger charge is 2.46. The second-order valence-electron chi connectivity index (χ2n) is 8.81. The number of esters is 1. The number of halogens is 2.